The Morgan fingerprint density at radius 2 is 2.17 bits per heavy atom. The number of nitrogens with zero attached hydrogens (tertiary/aromatic N) is 3. The number of hydrogen-bond donors (Lipinski definition) is 1. The summed E-state index contributed by atoms with van der Waals surface area (Å²) in [5.41, 5.74) is 2.78. The molecule has 1 aliphatic heterocycles. The molecule has 1 atom stereocenters. The molecular weight excluding hydrogens is 302 g/mol. The smallest absolute Gasteiger partial charge is 0.228 e. The maximum absolute atomic E-state index is 12.3. The van der Waals surface area contributed by atoms with E-state index in [1.807, 2.05) is 28.6 Å². The number of aliphatic hydroxyl groups is 1. The summed E-state index contributed by atoms with van der Waals surface area (Å²) in [5, 5.41) is 13.7. The fourth-order valence-corrected chi connectivity index (χ4v) is 4.59. The molecule has 1 N–H and O–H groups in total. The van der Waals surface area contributed by atoms with Gasteiger partial charge in [-0.2, -0.15) is 5.10 Å². The van der Waals surface area contributed by atoms with Crippen LogP contribution in [0.3, 0.4) is 0 Å². The number of aliphatic hydroxyl groups excluding tert-OH is 1. The second-order valence-electron chi connectivity index (χ2n) is 7.65. The number of rotatable bonds is 5. The highest BCUT2D eigenvalue weighted by Gasteiger charge is 2.53. The van der Waals surface area contributed by atoms with E-state index in [9.17, 15) is 9.90 Å². The van der Waals surface area contributed by atoms with E-state index < -0.39 is 0 Å². The molecule has 2 aromatic rings. The number of aromatic nitrogens is 2. The van der Waals surface area contributed by atoms with Gasteiger partial charge in [-0.15, -0.1) is 0 Å². The van der Waals surface area contributed by atoms with E-state index in [2.05, 4.69) is 23.3 Å². The van der Waals surface area contributed by atoms with Crippen LogP contribution in [0.1, 0.15) is 31.9 Å². The molecule has 2 aliphatic rings. The Bertz CT molecular complexity index is 736. The molecule has 24 heavy (non-hydrogen) atoms. The van der Waals surface area contributed by atoms with Crippen molar-refractivity contribution in [3.63, 3.8) is 0 Å². The Morgan fingerprint density at radius 1 is 1.38 bits per heavy atom. The SMILES string of the molecule is CC[C@H](CO)C(=O)N1CC2(CC(Cc3cccc4ccnn34)C2)C1. The average Bonchev–Trinajstić information content (AvgIpc) is 2.98. The molecule has 3 heterocycles. The van der Waals surface area contributed by atoms with Gasteiger partial charge in [0, 0.05) is 30.4 Å². The van der Waals surface area contributed by atoms with E-state index in [-0.39, 0.29) is 18.4 Å². The molecule has 0 aromatic carbocycles. The minimum absolute atomic E-state index is 0.0324. The maximum atomic E-state index is 12.3. The highest BCUT2D eigenvalue weighted by Crippen LogP contribution is 2.53. The molecule has 5 nitrogen and oxygen atoms in total. The van der Waals surface area contributed by atoms with Crippen LogP contribution in [0.15, 0.2) is 30.5 Å². The molecule has 2 aromatic heterocycles. The maximum Gasteiger partial charge on any atom is 0.228 e. The summed E-state index contributed by atoms with van der Waals surface area (Å²) in [6, 6.07) is 8.38. The first-order valence-electron chi connectivity index (χ1n) is 8.95. The summed E-state index contributed by atoms with van der Waals surface area (Å²) >= 11 is 0. The van der Waals surface area contributed by atoms with Crippen LogP contribution < -0.4 is 0 Å². The molecule has 2 fully saturated rings. The number of pyridine rings is 1. The molecule has 0 bridgehead atoms. The summed E-state index contributed by atoms with van der Waals surface area (Å²) in [6.45, 7) is 3.69. The molecule has 128 valence electrons. The summed E-state index contributed by atoms with van der Waals surface area (Å²) in [5.74, 6) is 0.614. The second kappa shape index (κ2) is 5.88. The highest BCUT2D eigenvalue weighted by molar-refractivity contribution is 5.80. The Labute approximate surface area is 142 Å². The van der Waals surface area contributed by atoms with Gasteiger partial charge in [-0.3, -0.25) is 4.79 Å². The van der Waals surface area contributed by atoms with E-state index in [1.54, 1.807) is 0 Å². The molecular formula is C19H25N3O2. The van der Waals surface area contributed by atoms with Crippen LogP contribution >= 0.6 is 0 Å². The largest absolute Gasteiger partial charge is 0.396 e. The van der Waals surface area contributed by atoms with Gasteiger partial charge in [0.05, 0.1) is 18.0 Å². The van der Waals surface area contributed by atoms with Gasteiger partial charge in [0.1, 0.15) is 0 Å². The van der Waals surface area contributed by atoms with Gasteiger partial charge in [0.25, 0.3) is 0 Å². The molecule has 1 spiro atoms. The van der Waals surface area contributed by atoms with Crippen molar-refractivity contribution in [2.24, 2.45) is 17.3 Å². The van der Waals surface area contributed by atoms with Crippen molar-refractivity contribution in [3.05, 3.63) is 36.2 Å². The first-order chi connectivity index (χ1) is 11.6. The van der Waals surface area contributed by atoms with Crippen LogP contribution in [0, 0.1) is 17.3 Å². The minimum atomic E-state index is -0.212. The van der Waals surface area contributed by atoms with Crippen molar-refractivity contribution in [2.75, 3.05) is 19.7 Å². The first-order valence-corrected chi connectivity index (χ1v) is 8.95. The molecule has 0 radical (unpaired) electrons. The van der Waals surface area contributed by atoms with Gasteiger partial charge in [0.15, 0.2) is 0 Å². The number of carbonyl (C=O) groups excluding carboxylic acids is 1. The van der Waals surface area contributed by atoms with Crippen LogP contribution in [0.2, 0.25) is 0 Å². The van der Waals surface area contributed by atoms with E-state index in [4.69, 9.17) is 0 Å². The summed E-state index contributed by atoms with van der Waals surface area (Å²) in [6.07, 6.45) is 6.02. The fraction of sp³-hybridized carbons (Fsp3) is 0.579. The van der Waals surface area contributed by atoms with Crippen molar-refractivity contribution in [1.29, 1.82) is 0 Å². The Balaban J connectivity index is 1.32. The van der Waals surface area contributed by atoms with Crippen LogP contribution in [0.25, 0.3) is 5.52 Å². The normalized spacial score (nSPS) is 20.8. The van der Waals surface area contributed by atoms with E-state index >= 15 is 0 Å². The zero-order valence-electron chi connectivity index (χ0n) is 14.2. The number of amides is 1. The molecule has 5 heteroatoms. The van der Waals surface area contributed by atoms with E-state index in [0.29, 0.717) is 11.3 Å². The number of likely N-dealkylation sites (tertiary alicyclic amines) is 1. The van der Waals surface area contributed by atoms with Gasteiger partial charge >= 0.3 is 0 Å². The topological polar surface area (TPSA) is 57.8 Å². The molecule has 1 saturated carbocycles. The average molecular weight is 327 g/mol. The summed E-state index contributed by atoms with van der Waals surface area (Å²) in [7, 11) is 0. The Morgan fingerprint density at radius 3 is 2.88 bits per heavy atom. The lowest BCUT2D eigenvalue weighted by molar-refractivity contribution is -0.160. The van der Waals surface area contributed by atoms with Crippen LogP contribution in [0.5, 0.6) is 0 Å². The lowest BCUT2D eigenvalue weighted by Gasteiger charge is -2.59. The molecule has 4 rings (SSSR count). The van der Waals surface area contributed by atoms with Crippen molar-refractivity contribution in [2.45, 2.75) is 32.6 Å². The quantitative estimate of drug-likeness (QED) is 0.915. The van der Waals surface area contributed by atoms with Crippen molar-refractivity contribution >= 4 is 11.4 Å². The number of fused-ring (bicyclic) bond motifs is 1. The third-order valence-electron chi connectivity index (χ3n) is 5.87. The Kier molecular flexibility index (Phi) is 3.83. The molecule has 0 unspecified atom stereocenters. The summed E-state index contributed by atoms with van der Waals surface area (Å²) in [4.78, 5) is 14.2. The number of carbonyl (C=O) groups is 1. The minimum Gasteiger partial charge on any atom is -0.396 e. The van der Waals surface area contributed by atoms with Crippen LogP contribution in [-0.4, -0.2) is 45.2 Å². The van der Waals surface area contributed by atoms with E-state index in [0.717, 1.165) is 31.4 Å². The monoisotopic (exact) mass is 327 g/mol. The van der Waals surface area contributed by atoms with Crippen molar-refractivity contribution in [1.82, 2.24) is 14.5 Å². The molecule has 1 saturated heterocycles. The predicted octanol–water partition coefficient (Wildman–Crippen LogP) is 2.13. The molecule has 1 amide bonds. The second-order valence-corrected chi connectivity index (χ2v) is 7.65. The van der Waals surface area contributed by atoms with Gasteiger partial charge in [0.2, 0.25) is 5.91 Å². The van der Waals surface area contributed by atoms with Crippen molar-refractivity contribution in [3.8, 4) is 0 Å². The van der Waals surface area contributed by atoms with Gasteiger partial charge in [-0.1, -0.05) is 13.0 Å². The van der Waals surface area contributed by atoms with Gasteiger partial charge < -0.3 is 10.0 Å². The van der Waals surface area contributed by atoms with Crippen LogP contribution in [0.4, 0.5) is 0 Å². The zero-order valence-corrected chi connectivity index (χ0v) is 14.2. The number of hydrogen-bond acceptors (Lipinski definition) is 3. The van der Waals surface area contributed by atoms with Gasteiger partial charge in [-0.05, 0) is 49.8 Å². The van der Waals surface area contributed by atoms with Crippen molar-refractivity contribution < 1.29 is 9.90 Å². The fourth-order valence-electron chi connectivity index (χ4n) is 4.59. The summed E-state index contributed by atoms with van der Waals surface area (Å²) < 4.78 is 2.04. The Hall–Kier alpha value is -1.88. The third-order valence-corrected chi connectivity index (χ3v) is 5.87. The van der Waals surface area contributed by atoms with Gasteiger partial charge in [-0.25, -0.2) is 4.52 Å². The zero-order chi connectivity index (χ0) is 16.7. The predicted molar refractivity (Wildman–Crippen MR) is 91.5 cm³/mol. The third kappa shape index (κ3) is 2.51. The first kappa shape index (κ1) is 15.6. The lowest BCUT2D eigenvalue weighted by Crippen LogP contribution is -2.65. The molecule has 1 aliphatic carbocycles. The van der Waals surface area contributed by atoms with E-state index in [1.165, 1.54) is 18.5 Å². The van der Waals surface area contributed by atoms with Crippen LogP contribution in [-0.2, 0) is 11.2 Å². The highest BCUT2D eigenvalue weighted by atomic mass is 16.3. The lowest BCUT2D eigenvalue weighted by atomic mass is 9.56. The standard InChI is InChI=1S/C19H25N3O2/c1-2-15(11-23)18(24)21-12-19(13-21)9-14(10-19)8-17-5-3-4-16-6-7-20-22(16)17/h3-7,14-15,23H,2,8-13H2,1H3/t15-/m1/s1.